The summed E-state index contributed by atoms with van der Waals surface area (Å²) in [6, 6.07) is 11.3. The molecule has 1 aliphatic rings. The van der Waals surface area contributed by atoms with Gasteiger partial charge in [0.15, 0.2) is 5.82 Å². The zero-order valence-corrected chi connectivity index (χ0v) is 18.9. The Morgan fingerprint density at radius 1 is 1.17 bits per heavy atom. The van der Waals surface area contributed by atoms with Gasteiger partial charge >= 0.3 is 6.61 Å². The highest BCUT2D eigenvalue weighted by Crippen LogP contribution is 2.45. The van der Waals surface area contributed by atoms with E-state index in [-0.39, 0.29) is 29.1 Å². The van der Waals surface area contributed by atoms with Crippen molar-refractivity contribution in [1.29, 1.82) is 5.26 Å². The van der Waals surface area contributed by atoms with E-state index in [4.69, 9.17) is 4.74 Å². The van der Waals surface area contributed by atoms with Crippen LogP contribution < -0.4 is 4.74 Å². The number of aromatic nitrogens is 4. The van der Waals surface area contributed by atoms with E-state index in [2.05, 4.69) is 15.0 Å². The Morgan fingerprint density at radius 2 is 1.91 bits per heavy atom. The molecule has 2 aromatic heterocycles. The molecule has 0 radical (unpaired) electrons. The van der Waals surface area contributed by atoms with Gasteiger partial charge in [0.05, 0.1) is 28.7 Å². The van der Waals surface area contributed by atoms with Crippen molar-refractivity contribution in [2.24, 2.45) is 0 Å². The Bertz CT molecular complexity index is 1460. The summed E-state index contributed by atoms with van der Waals surface area (Å²) in [5, 5.41) is 30.5. The maximum atomic E-state index is 13.1. The number of fused-ring (bicyclic) bond motifs is 3. The number of hydrogen-bond acceptors (Lipinski definition) is 7. The van der Waals surface area contributed by atoms with Gasteiger partial charge in [-0.1, -0.05) is 12.1 Å². The minimum atomic E-state index is -3.06. The average molecular weight is 477 g/mol. The number of aliphatic hydroxyl groups excluding tert-OH is 1. The van der Waals surface area contributed by atoms with Gasteiger partial charge in [0, 0.05) is 29.9 Å². The lowest BCUT2D eigenvalue weighted by Gasteiger charge is -2.20. The van der Waals surface area contributed by atoms with E-state index in [1.807, 2.05) is 18.2 Å². The second-order valence-electron chi connectivity index (χ2n) is 8.87. The Morgan fingerprint density at radius 3 is 2.57 bits per heavy atom. The topological polar surface area (TPSA) is 117 Å². The summed E-state index contributed by atoms with van der Waals surface area (Å²) in [5.74, 6) is 0.555. The molecule has 10 heteroatoms. The molecule has 2 aromatic carbocycles. The van der Waals surface area contributed by atoms with Gasteiger partial charge in [-0.15, -0.1) is 0 Å². The molecule has 2 unspecified atom stereocenters. The molecule has 0 bridgehead atoms. The number of rotatable bonds is 5. The largest absolute Gasteiger partial charge is 0.434 e. The molecule has 0 saturated heterocycles. The predicted octanol–water partition coefficient (Wildman–Crippen LogP) is 4.22. The quantitative estimate of drug-likeness (QED) is 0.442. The first-order chi connectivity index (χ1) is 16.7. The smallest absolute Gasteiger partial charge is 0.387 e. The zero-order chi connectivity index (χ0) is 24.9. The van der Waals surface area contributed by atoms with Crippen LogP contribution >= 0.6 is 0 Å². The number of imidazole rings is 1. The number of aliphatic hydroxyl groups is 2. The van der Waals surface area contributed by atoms with Gasteiger partial charge in [0.25, 0.3) is 0 Å². The molecule has 2 N–H and O–H groups in total. The molecule has 0 fully saturated rings. The van der Waals surface area contributed by atoms with Gasteiger partial charge in [0.1, 0.15) is 23.3 Å². The van der Waals surface area contributed by atoms with E-state index in [1.165, 1.54) is 18.2 Å². The second kappa shape index (κ2) is 8.37. The number of nitriles is 1. The van der Waals surface area contributed by atoms with E-state index in [0.29, 0.717) is 22.4 Å². The van der Waals surface area contributed by atoms with Crippen LogP contribution in [0.3, 0.4) is 0 Å². The van der Waals surface area contributed by atoms with Crippen LogP contribution in [0.4, 0.5) is 8.78 Å². The van der Waals surface area contributed by atoms with Crippen LogP contribution in [0, 0.1) is 11.3 Å². The van der Waals surface area contributed by atoms with Gasteiger partial charge in [0.2, 0.25) is 0 Å². The van der Waals surface area contributed by atoms with Crippen molar-refractivity contribution in [1.82, 2.24) is 19.5 Å². The van der Waals surface area contributed by atoms with Crippen molar-refractivity contribution in [3.63, 3.8) is 0 Å². The number of alkyl halides is 2. The molecular weight excluding hydrogens is 456 g/mol. The summed E-state index contributed by atoms with van der Waals surface area (Å²) in [6.07, 6.45) is 2.42. The maximum Gasteiger partial charge on any atom is 0.387 e. The highest BCUT2D eigenvalue weighted by atomic mass is 19.3. The van der Waals surface area contributed by atoms with E-state index in [0.717, 1.165) is 5.56 Å². The molecule has 8 nitrogen and oxygen atoms in total. The minimum absolute atomic E-state index is 0.113. The Labute approximate surface area is 199 Å². The van der Waals surface area contributed by atoms with Crippen LogP contribution in [0.15, 0.2) is 48.8 Å². The summed E-state index contributed by atoms with van der Waals surface area (Å²) < 4.78 is 32.8. The Hall–Kier alpha value is -3.94. The normalized spacial score (nSPS) is 17.5. The van der Waals surface area contributed by atoms with Crippen molar-refractivity contribution in [3.8, 4) is 22.9 Å². The Balaban J connectivity index is 1.65. The summed E-state index contributed by atoms with van der Waals surface area (Å²) in [7, 11) is 0. The highest BCUT2D eigenvalue weighted by Gasteiger charge is 2.37. The van der Waals surface area contributed by atoms with Crippen molar-refractivity contribution >= 4 is 11.0 Å². The number of ether oxygens (including phenoxy) is 1. The van der Waals surface area contributed by atoms with Gasteiger partial charge in [-0.25, -0.2) is 15.0 Å². The van der Waals surface area contributed by atoms with E-state index < -0.39 is 24.4 Å². The van der Waals surface area contributed by atoms with Crippen LogP contribution in [0.5, 0.6) is 5.75 Å². The molecule has 178 valence electrons. The predicted molar refractivity (Wildman–Crippen MR) is 122 cm³/mol. The first-order valence-corrected chi connectivity index (χ1v) is 10.9. The number of nitrogens with zero attached hydrogens (tertiary/aromatic N) is 5. The molecule has 0 amide bonds. The number of benzene rings is 2. The van der Waals surface area contributed by atoms with Gasteiger partial charge in [-0.3, -0.25) is 0 Å². The minimum Gasteiger partial charge on any atom is -0.434 e. The molecule has 4 aromatic rings. The third-order valence-corrected chi connectivity index (χ3v) is 6.04. The van der Waals surface area contributed by atoms with E-state index >= 15 is 0 Å². The van der Waals surface area contributed by atoms with Crippen LogP contribution in [0.25, 0.3) is 22.2 Å². The lowest BCUT2D eigenvalue weighted by Crippen LogP contribution is -2.19. The fraction of sp³-hybridized carbons (Fsp3) is 0.280. The third-order valence-electron chi connectivity index (χ3n) is 6.04. The van der Waals surface area contributed by atoms with Crippen molar-refractivity contribution in [3.05, 3.63) is 71.6 Å². The monoisotopic (exact) mass is 477 g/mol. The van der Waals surface area contributed by atoms with Gasteiger partial charge in [-0.2, -0.15) is 14.0 Å². The summed E-state index contributed by atoms with van der Waals surface area (Å²) in [5.41, 5.74) is 2.00. The molecule has 2 atom stereocenters. The Kier molecular flexibility index (Phi) is 5.46. The zero-order valence-electron chi connectivity index (χ0n) is 18.9. The van der Waals surface area contributed by atoms with Crippen LogP contribution in [0.1, 0.15) is 55.2 Å². The van der Waals surface area contributed by atoms with Crippen molar-refractivity contribution in [2.75, 3.05) is 0 Å². The number of halogens is 2. The molecule has 0 aliphatic carbocycles. The highest BCUT2D eigenvalue weighted by molar-refractivity contribution is 5.83. The molecule has 0 saturated carbocycles. The van der Waals surface area contributed by atoms with E-state index in [9.17, 15) is 24.3 Å². The van der Waals surface area contributed by atoms with Gasteiger partial charge < -0.3 is 19.5 Å². The first-order valence-electron chi connectivity index (χ1n) is 10.9. The lowest BCUT2D eigenvalue weighted by molar-refractivity contribution is -0.0507. The van der Waals surface area contributed by atoms with E-state index in [1.54, 1.807) is 36.9 Å². The molecule has 3 heterocycles. The second-order valence-corrected chi connectivity index (χ2v) is 8.87. The summed E-state index contributed by atoms with van der Waals surface area (Å²) in [4.78, 5) is 13.1. The summed E-state index contributed by atoms with van der Waals surface area (Å²) in [6.45, 7) is 0.131. The van der Waals surface area contributed by atoms with Crippen LogP contribution in [0.2, 0.25) is 0 Å². The molecule has 1 aliphatic heterocycles. The van der Waals surface area contributed by atoms with Crippen LogP contribution in [-0.4, -0.2) is 36.3 Å². The lowest BCUT2D eigenvalue weighted by atomic mass is 9.97. The SMILES string of the molecule is CC(C)(O)c1ncc(-c2ccc3nc4n(c3c2)C(c2c(C#N)cccc2OC(F)F)CC4O)cn1. The van der Waals surface area contributed by atoms with Crippen molar-refractivity contribution < 1.29 is 23.7 Å². The molecule has 35 heavy (non-hydrogen) atoms. The standard InChI is InChI=1S/C25H21F2N5O3/c1-25(2,34)23-29-11-15(12-30-23)13-6-7-16-17(8-13)32-18(9-19(33)22(32)31-16)21-14(10-28)4-3-5-20(21)35-24(26)27/h3-8,11-12,18-19,24,33-34H,9H2,1-2H3. The average Bonchev–Trinajstić information content (AvgIpc) is 3.35. The van der Waals surface area contributed by atoms with Crippen molar-refractivity contribution in [2.45, 2.75) is 44.6 Å². The van der Waals surface area contributed by atoms with Gasteiger partial charge in [-0.05, 0) is 43.7 Å². The first kappa shape index (κ1) is 22.8. The fourth-order valence-corrected chi connectivity index (χ4v) is 4.50. The number of hydrogen-bond donors (Lipinski definition) is 2. The molecule has 5 rings (SSSR count). The summed E-state index contributed by atoms with van der Waals surface area (Å²) >= 11 is 0. The maximum absolute atomic E-state index is 13.1. The fourth-order valence-electron chi connectivity index (χ4n) is 4.50. The third kappa shape index (κ3) is 3.99. The molecular formula is C25H21F2N5O3. The molecule has 0 spiro atoms. The van der Waals surface area contributed by atoms with Crippen LogP contribution in [-0.2, 0) is 5.60 Å².